The van der Waals surface area contributed by atoms with Crippen molar-refractivity contribution in [1.82, 2.24) is 9.55 Å². The minimum Gasteiger partial charge on any atom is -0.509 e. The molecule has 8 aromatic carbocycles. The molecule has 372 valence electrons. The second-order valence-electron chi connectivity index (χ2n) is 21.4. The molecule has 1 aliphatic heterocycles. The first-order valence-electron chi connectivity index (χ1n) is 25.3. The SMILES string of the molecule is CC(C)c1cccc(C(C)C)c1-c1ccc2c(c1)N(c1cccc(C(C)(C)c3ccccc3)c1)[CH-]N2c1[c-]c(Oc2[c-]c3c(cc2)c2ccccc2n3-c2cc(C(C)(C)C)ccn2)cc(-c2ccccc2)c1.[CH3-].[Pt+4]. The summed E-state index contributed by atoms with van der Waals surface area (Å²) in [5.41, 5.74) is 16.8. The molecule has 3 heterocycles. The predicted molar refractivity (Wildman–Crippen MR) is 307 cm³/mol. The Morgan fingerprint density at radius 3 is 1.92 bits per heavy atom. The largest absolute Gasteiger partial charge is 4.00 e. The van der Waals surface area contributed by atoms with Crippen molar-refractivity contribution in [3.05, 3.63) is 242 Å². The van der Waals surface area contributed by atoms with Crippen molar-refractivity contribution in [2.24, 2.45) is 0 Å². The van der Waals surface area contributed by atoms with Gasteiger partial charge in [0.05, 0.1) is 0 Å². The van der Waals surface area contributed by atoms with Gasteiger partial charge in [0.15, 0.2) is 0 Å². The maximum atomic E-state index is 6.96. The Morgan fingerprint density at radius 1 is 0.527 bits per heavy atom. The van der Waals surface area contributed by atoms with Crippen LogP contribution in [0.25, 0.3) is 49.9 Å². The smallest absolute Gasteiger partial charge is 0.509 e. The Balaban J connectivity index is 0.00000336. The van der Waals surface area contributed by atoms with Gasteiger partial charge in [-0.15, -0.1) is 53.6 Å². The predicted octanol–water partition coefficient (Wildman–Crippen LogP) is 18.6. The summed E-state index contributed by atoms with van der Waals surface area (Å²) < 4.78 is 9.17. The van der Waals surface area contributed by atoms with Crippen LogP contribution in [-0.2, 0) is 31.9 Å². The third-order valence-electron chi connectivity index (χ3n) is 14.5. The number of nitrogens with zero attached hydrogens (tertiary/aromatic N) is 4. The van der Waals surface area contributed by atoms with Gasteiger partial charge in [-0.2, -0.15) is 6.07 Å². The molecule has 0 unspecified atom stereocenters. The van der Waals surface area contributed by atoms with Crippen molar-refractivity contribution < 1.29 is 25.8 Å². The molecular weight excluding hydrogens is 1080 g/mol. The second kappa shape index (κ2) is 20.6. The molecule has 11 rings (SSSR count). The third kappa shape index (κ3) is 9.59. The van der Waals surface area contributed by atoms with Crippen molar-refractivity contribution in [2.45, 2.75) is 85.0 Å². The van der Waals surface area contributed by atoms with E-state index >= 15 is 0 Å². The fourth-order valence-electron chi connectivity index (χ4n) is 10.5. The normalized spacial score (nSPS) is 12.6. The number of pyridine rings is 1. The van der Waals surface area contributed by atoms with Gasteiger partial charge in [-0.1, -0.05) is 183 Å². The number of para-hydroxylation sites is 1. The van der Waals surface area contributed by atoms with Crippen LogP contribution < -0.4 is 14.5 Å². The molecule has 0 saturated carbocycles. The molecule has 0 saturated heterocycles. The number of aromatic nitrogens is 2. The summed E-state index contributed by atoms with van der Waals surface area (Å²) in [5.74, 6) is 2.73. The maximum Gasteiger partial charge on any atom is 4.00 e. The van der Waals surface area contributed by atoms with Gasteiger partial charge in [-0.3, -0.25) is 0 Å². The van der Waals surface area contributed by atoms with E-state index < -0.39 is 0 Å². The number of anilines is 4. The summed E-state index contributed by atoms with van der Waals surface area (Å²) in [6.07, 6.45) is 1.91. The van der Waals surface area contributed by atoms with Crippen molar-refractivity contribution in [2.75, 3.05) is 9.80 Å². The molecule has 0 fully saturated rings. The Labute approximate surface area is 453 Å². The zero-order valence-electron chi connectivity index (χ0n) is 44.1. The zero-order chi connectivity index (χ0) is 49.9. The van der Waals surface area contributed by atoms with Crippen molar-refractivity contribution in [3.63, 3.8) is 0 Å². The van der Waals surface area contributed by atoms with E-state index in [9.17, 15) is 0 Å². The molecular formula is C68H64N4OPt. The van der Waals surface area contributed by atoms with Crippen LogP contribution >= 0.6 is 0 Å². The van der Waals surface area contributed by atoms with Crippen LogP contribution in [0.4, 0.5) is 22.7 Å². The summed E-state index contributed by atoms with van der Waals surface area (Å²) in [6, 6.07) is 72.9. The molecule has 0 atom stereocenters. The summed E-state index contributed by atoms with van der Waals surface area (Å²) in [4.78, 5) is 9.53. The number of hydrogen-bond donors (Lipinski definition) is 0. The molecule has 2 aromatic heterocycles. The molecule has 10 aromatic rings. The number of ether oxygens (including phenoxy) is 1. The van der Waals surface area contributed by atoms with Crippen LogP contribution in [-0.4, -0.2) is 9.55 Å². The van der Waals surface area contributed by atoms with E-state index in [4.69, 9.17) is 9.72 Å². The van der Waals surface area contributed by atoms with Crippen molar-refractivity contribution >= 4 is 44.6 Å². The monoisotopic (exact) mass is 1150 g/mol. The summed E-state index contributed by atoms with van der Waals surface area (Å²) in [7, 11) is 0. The first-order chi connectivity index (χ1) is 34.7. The second-order valence-corrected chi connectivity index (χ2v) is 21.4. The van der Waals surface area contributed by atoms with E-state index in [0.717, 1.165) is 61.5 Å². The Morgan fingerprint density at radius 2 is 1.20 bits per heavy atom. The number of hydrogen-bond acceptors (Lipinski definition) is 4. The Hall–Kier alpha value is -7.20. The van der Waals surface area contributed by atoms with Crippen LogP contribution in [0.3, 0.4) is 0 Å². The number of rotatable bonds is 11. The number of fused-ring (bicyclic) bond motifs is 4. The van der Waals surface area contributed by atoms with Gasteiger partial charge in [0.1, 0.15) is 5.82 Å². The molecule has 74 heavy (non-hydrogen) atoms. The average Bonchev–Trinajstić information content (AvgIpc) is 3.94. The molecule has 6 heteroatoms. The van der Waals surface area contributed by atoms with Gasteiger partial charge in [-0.25, -0.2) is 4.98 Å². The van der Waals surface area contributed by atoms with Gasteiger partial charge >= 0.3 is 21.1 Å². The van der Waals surface area contributed by atoms with Gasteiger partial charge < -0.3 is 26.5 Å². The third-order valence-corrected chi connectivity index (χ3v) is 14.5. The summed E-state index contributed by atoms with van der Waals surface area (Å²) >= 11 is 0. The fraction of sp³-hybridized carbons (Fsp3) is 0.191. The van der Waals surface area contributed by atoms with Gasteiger partial charge in [0.2, 0.25) is 0 Å². The van der Waals surface area contributed by atoms with E-state index in [0.29, 0.717) is 23.3 Å². The molecule has 0 amide bonds. The molecule has 0 aliphatic carbocycles. The van der Waals surface area contributed by atoms with Gasteiger partial charge in [-0.05, 0) is 110 Å². The summed E-state index contributed by atoms with van der Waals surface area (Å²) in [5, 5.41) is 2.22. The topological polar surface area (TPSA) is 33.5 Å². The van der Waals surface area contributed by atoms with E-state index in [1.165, 1.54) is 38.9 Å². The molecule has 0 radical (unpaired) electrons. The summed E-state index contributed by atoms with van der Waals surface area (Å²) in [6.45, 7) is 22.7. The quantitative estimate of drug-likeness (QED) is 0.121. The van der Waals surface area contributed by atoms with Gasteiger partial charge in [0, 0.05) is 45.7 Å². The molecule has 0 N–H and O–H groups in total. The standard InChI is InChI=1S/C67H61N4O.CH3.Pt/c1-44(2)56-27-19-28-57(45(3)4)65(56)47-30-33-61-63(38-47)69(52-25-18-24-51(39-52)67(8,9)49-22-14-11-15-23-49)43-70(61)53-36-48(46-20-12-10-13-21-46)37-55(41-53)72-54-31-32-59-58-26-16-17-29-60(58)71(62(59)42-54)64-40-50(34-35-68-64)66(5,6)7;;/h10-40,43-45H,1-9H3;1H3;/q-3;-1;+4. The van der Waals surface area contributed by atoms with Crippen LogP contribution in [0, 0.1) is 26.2 Å². The molecule has 0 spiro atoms. The van der Waals surface area contributed by atoms with Crippen LogP contribution in [0.5, 0.6) is 11.5 Å². The van der Waals surface area contributed by atoms with Gasteiger partial charge in [0.25, 0.3) is 0 Å². The van der Waals surface area contributed by atoms with E-state index in [2.05, 4.69) is 271 Å². The van der Waals surface area contributed by atoms with Crippen molar-refractivity contribution in [3.8, 4) is 39.6 Å². The Bertz CT molecular complexity index is 3600. The molecule has 0 bridgehead atoms. The first-order valence-corrected chi connectivity index (χ1v) is 25.3. The first kappa shape index (κ1) is 51.7. The number of benzene rings is 8. The fourth-order valence-corrected chi connectivity index (χ4v) is 10.5. The van der Waals surface area contributed by atoms with E-state index in [1.807, 2.05) is 12.3 Å². The average molecular weight is 1150 g/mol. The van der Waals surface area contributed by atoms with Crippen LogP contribution in [0.2, 0.25) is 0 Å². The minimum atomic E-state index is -0.227. The molecule has 1 aliphatic rings. The van der Waals surface area contributed by atoms with Crippen LogP contribution in [0.1, 0.15) is 102 Å². The van der Waals surface area contributed by atoms with Crippen LogP contribution in [0.15, 0.2) is 188 Å². The van der Waals surface area contributed by atoms with Crippen molar-refractivity contribution in [1.29, 1.82) is 0 Å². The molecule has 5 nitrogen and oxygen atoms in total. The Kier molecular flexibility index (Phi) is 14.4. The van der Waals surface area contributed by atoms with E-state index in [-0.39, 0.29) is 39.3 Å². The maximum absolute atomic E-state index is 6.96. The minimum absolute atomic E-state index is 0. The zero-order valence-corrected chi connectivity index (χ0v) is 46.4. The van der Waals surface area contributed by atoms with E-state index in [1.54, 1.807) is 0 Å².